The monoisotopic (exact) mass is 456 g/mol. The second-order valence-corrected chi connectivity index (χ2v) is 9.27. The quantitative estimate of drug-likeness (QED) is 0.708. The number of carbonyl (C=O) groups is 1. The lowest BCUT2D eigenvalue weighted by atomic mass is 10.1. The smallest absolute Gasteiger partial charge is 0.243 e. The number of hydrogen-bond donors (Lipinski definition) is 0. The molecular weight excluding hydrogens is 440 g/mol. The molecule has 3 rings (SSSR count). The van der Waals surface area contributed by atoms with Gasteiger partial charge in [-0.3, -0.25) is 4.79 Å². The largest absolute Gasteiger partial charge is 0.340 e. The number of sulfonamides is 1. The number of nitrogens with zero attached hydrogens (tertiary/aromatic N) is 2. The number of halogens is 2. The number of carbonyl (C=O) groups excluding carboxylic acids is 1. The molecule has 0 atom stereocenters. The summed E-state index contributed by atoms with van der Waals surface area (Å²) in [6, 6.07) is 13.8. The molecule has 8 heteroatoms. The van der Waals surface area contributed by atoms with E-state index in [0.717, 1.165) is 10.0 Å². The Morgan fingerprint density at radius 3 is 2.23 bits per heavy atom. The highest BCUT2D eigenvalue weighted by Crippen LogP contribution is 2.21. The van der Waals surface area contributed by atoms with Crippen molar-refractivity contribution in [2.75, 3.05) is 26.2 Å². The SMILES string of the molecule is O=C(Cc1ccccc1Cl)N1CCN(S(=O)(=O)c2ccc(Br)cc2)CC1. The van der Waals surface area contributed by atoms with Gasteiger partial charge < -0.3 is 4.90 Å². The lowest BCUT2D eigenvalue weighted by Gasteiger charge is -2.34. The van der Waals surface area contributed by atoms with Gasteiger partial charge in [-0.1, -0.05) is 45.7 Å². The zero-order valence-electron chi connectivity index (χ0n) is 13.9. The van der Waals surface area contributed by atoms with Gasteiger partial charge in [0.25, 0.3) is 0 Å². The predicted octanol–water partition coefficient (Wildman–Crippen LogP) is 3.18. The maximum atomic E-state index is 12.7. The second kappa shape index (κ2) is 8.08. The standard InChI is InChI=1S/C18H18BrClN2O3S/c19-15-5-7-16(8-6-15)26(24,25)22-11-9-21(10-12-22)18(23)13-14-3-1-2-4-17(14)20/h1-8H,9-13H2. The summed E-state index contributed by atoms with van der Waals surface area (Å²) in [4.78, 5) is 14.4. The fraction of sp³-hybridized carbons (Fsp3) is 0.278. The first-order valence-corrected chi connectivity index (χ1v) is 10.8. The summed E-state index contributed by atoms with van der Waals surface area (Å²) in [6.45, 7) is 1.32. The molecule has 2 aromatic carbocycles. The van der Waals surface area contributed by atoms with Crippen molar-refractivity contribution in [1.29, 1.82) is 0 Å². The van der Waals surface area contributed by atoms with E-state index in [1.807, 2.05) is 18.2 Å². The van der Waals surface area contributed by atoms with Crippen molar-refractivity contribution in [3.05, 3.63) is 63.6 Å². The molecule has 1 aliphatic rings. The Labute approximate surface area is 166 Å². The molecule has 1 heterocycles. The summed E-state index contributed by atoms with van der Waals surface area (Å²) in [5.41, 5.74) is 0.782. The first kappa shape index (κ1) is 19.4. The molecular formula is C18H18BrClN2O3S. The molecule has 5 nitrogen and oxygen atoms in total. The van der Waals surface area contributed by atoms with Crippen LogP contribution in [0, 0.1) is 0 Å². The fourth-order valence-electron chi connectivity index (χ4n) is 2.85. The van der Waals surface area contributed by atoms with Crippen molar-refractivity contribution in [2.45, 2.75) is 11.3 Å². The molecule has 0 aliphatic carbocycles. The Kier molecular flexibility index (Phi) is 6.02. The first-order chi connectivity index (χ1) is 12.4. The van der Waals surface area contributed by atoms with Gasteiger partial charge in [0.05, 0.1) is 11.3 Å². The first-order valence-electron chi connectivity index (χ1n) is 8.15. The average Bonchev–Trinajstić information content (AvgIpc) is 2.64. The van der Waals surface area contributed by atoms with Gasteiger partial charge >= 0.3 is 0 Å². The summed E-state index contributed by atoms with van der Waals surface area (Å²) in [7, 11) is -3.54. The summed E-state index contributed by atoms with van der Waals surface area (Å²) >= 11 is 9.41. The minimum Gasteiger partial charge on any atom is -0.340 e. The number of hydrogen-bond acceptors (Lipinski definition) is 3. The third-order valence-corrected chi connectivity index (χ3v) is 7.15. The molecule has 1 amide bonds. The van der Waals surface area contributed by atoms with Crippen LogP contribution in [0.1, 0.15) is 5.56 Å². The molecule has 2 aromatic rings. The third kappa shape index (κ3) is 4.28. The number of piperazine rings is 1. The molecule has 138 valence electrons. The van der Waals surface area contributed by atoms with E-state index in [-0.39, 0.29) is 30.3 Å². The van der Waals surface area contributed by atoms with E-state index < -0.39 is 10.0 Å². The van der Waals surface area contributed by atoms with Gasteiger partial charge in [0, 0.05) is 35.7 Å². The van der Waals surface area contributed by atoms with Crippen LogP contribution in [-0.4, -0.2) is 49.7 Å². The number of rotatable bonds is 4. The van der Waals surface area contributed by atoms with E-state index in [2.05, 4.69) is 15.9 Å². The second-order valence-electron chi connectivity index (χ2n) is 6.01. The van der Waals surface area contributed by atoms with E-state index >= 15 is 0 Å². The van der Waals surface area contributed by atoms with E-state index in [1.165, 1.54) is 4.31 Å². The Morgan fingerprint density at radius 2 is 1.62 bits per heavy atom. The van der Waals surface area contributed by atoms with Gasteiger partial charge in [-0.15, -0.1) is 0 Å². The van der Waals surface area contributed by atoms with Crippen molar-refractivity contribution in [3.63, 3.8) is 0 Å². The molecule has 1 aliphatic heterocycles. The molecule has 0 aromatic heterocycles. The molecule has 0 spiro atoms. The summed E-state index contributed by atoms with van der Waals surface area (Å²) < 4.78 is 27.7. The van der Waals surface area contributed by atoms with Gasteiger partial charge in [0.1, 0.15) is 0 Å². The van der Waals surface area contributed by atoms with Crippen molar-refractivity contribution >= 4 is 43.5 Å². The van der Waals surface area contributed by atoms with Crippen LogP contribution in [0.4, 0.5) is 0 Å². The highest BCUT2D eigenvalue weighted by molar-refractivity contribution is 9.10. The van der Waals surface area contributed by atoms with Gasteiger partial charge in [-0.2, -0.15) is 4.31 Å². The zero-order chi connectivity index (χ0) is 18.7. The van der Waals surface area contributed by atoms with E-state index in [0.29, 0.717) is 18.1 Å². The lowest BCUT2D eigenvalue weighted by Crippen LogP contribution is -2.50. The third-order valence-electron chi connectivity index (χ3n) is 4.34. The zero-order valence-corrected chi connectivity index (χ0v) is 17.1. The molecule has 0 N–H and O–H groups in total. The highest BCUT2D eigenvalue weighted by atomic mass is 79.9. The van der Waals surface area contributed by atoms with Gasteiger partial charge in [-0.25, -0.2) is 8.42 Å². The highest BCUT2D eigenvalue weighted by Gasteiger charge is 2.30. The van der Waals surface area contributed by atoms with Crippen LogP contribution in [0.25, 0.3) is 0 Å². The molecule has 0 unspecified atom stereocenters. The van der Waals surface area contributed by atoms with Gasteiger partial charge in [0.15, 0.2) is 0 Å². The Bertz CT molecular complexity index is 895. The van der Waals surface area contributed by atoms with Crippen molar-refractivity contribution in [3.8, 4) is 0 Å². The van der Waals surface area contributed by atoms with E-state index in [9.17, 15) is 13.2 Å². The molecule has 0 saturated carbocycles. The normalized spacial score (nSPS) is 15.8. The molecule has 0 bridgehead atoms. The maximum Gasteiger partial charge on any atom is 0.243 e. The summed E-state index contributed by atoms with van der Waals surface area (Å²) in [6.07, 6.45) is 0.221. The fourth-order valence-corrected chi connectivity index (χ4v) is 4.74. The predicted molar refractivity (Wildman–Crippen MR) is 105 cm³/mol. The summed E-state index contributed by atoms with van der Waals surface area (Å²) in [5, 5.41) is 0.567. The van der Waals surface area contributed by atoms with Crippen LogP contribution in [-0.2, 0) is 21.2 Å². The average molecular weight is 458 g/mol. The van der Waals surface area contributed by atoms with Gasteiger partial charge in [0.2, 0.25) is 15.9 Å². The topological polar surface area (TPSA) is 57.7 Å². The van der Waals surface area contributed by atoms with Gasteiger partial charge in [-0.05, 0) is 35.9 Å². The number of benzene rings is 2. The van der Waals surface area contributed by atoms with Crippen LogP contribution in [0.2, 0.25) is 5.02 Å². The van der Waals surface area contributed by atoms with E-state index in [4.69, 9.17) is 11.6 Å². The minimum absolute atomic E-state index is 0.0428. The minimum atomic E-state index is -3.54. The Morgan fingerprint density at radius 1 is 1.00 bits per heavy atom. The summed E-state index contributed by atoms with van der Waals surface area (Å²) in [5.74, 6) is -0.0428. The Hall–Kier alpha value is -1.41. The van der Waals surface area contributed by atoms with Crippen LogP contribution in [0.15, 0.2) is 57.9 Å². The molecule has 1 saturated heterocycles. The molecule has 1 fully saturated rings. The van der Waals surface area contributed by atoms with Crippen molar-refractivity contribution in [2.24, 2.45) is 0 Å². The Balaban J connectivity index is 1.62. The molecule has 0 radical (unpaired) electrons. The van der Waals surface area contributed by atoms with Crippen LogP contribution < -0.4 is 0 Å². The lowest BCUT2D eigenvalue weighted by molar-refractivity contribution is -0.131. The number of amides is 1. The van der Waals surface area contributed by atoms with Crippen LogP contribution in [0.5, 0.6) is 0 Å². The van der Waals surface area contributed by atoms with Crippen molar-refractivity contribution in [1.82, 2.24) is 9.21 Å². The van der Waals surface area contributed by atoms with Crippen LogP contribution in [0.3, 0.4) is 0 Å². The van der Waals surface area contributed by atoms with Crippen molar-refractivity contribution < 1.29 is 13.2 Å². The van der Waals surface area contributed by atoms with E-state index in [1.54, 1.807) is 35.2 Å². The molecule has 26 heavy (non-hydrogen) atoms. The maximum absolute atomic E-state index is 12.7. The van der Waals surface area contributed by atoms with Crippen LogP contribution >= 0.6 is 27.5 Å².